The molecule has 0 saturated heterocycles. The van der Waals surface area contributed by atoms with E-state index in [0.29, 0.717) is 12.1 Å². The molecule has 1 N–H and O–H groups in total. The molecule has 112 valence electrons. The van der Waals surface area contributed by atoms with Gasteiger partial charge < -0.3 is 9.73 Å². The number of hydrogen-bond acceptors (Lipinski definition) is 3. The summed E-state index contributed by atoms with van der Waals surface area (Å²) in [6, 6.07) is 13.1. The first-order valence-corrected chi connectivity index (χ1v) is 7.24. The van der Waals surface area contributed by atoms with Crippen molar-refractivity contribution < 1.29 is 9.21 Å². The number of rotatable bonds is 6. The number of aryl methyl sites for hydroxylation is 1. The van der Waals surface area contributed by atoms with Crippen molar-refractivity contribution in [3.63, 3.8) is 0 Å². The number of carbonyl (C=O) groups is 1. The monoisotopic (exact) mass is 295 g/mol. The minimum absolute atomic E-state index is 0.0921. The fourth-order valence-corrected chi connectivity index (χ4v) is 2.29. The Morgan fingerprint density at radius 2 is 2.09 bits per heavy atom. The quantitative estimate of drug-likeness (QED) is 0.711. The first kappa shape index (κ1) is 14.1. The van der Waals surface area contributed by atoms with Crippen LogP contribution in [0.2, 0.25) is 0 Å². The zero-order valence-corrected chi connectivity index (χ0v) is 12.1. The van der Waals surface area contributed by atoms with E-state index in [0.717, 1.165) is 24.3 Å². The molecular formula is C17H17N3O2. The van der Waals surface area contributed by atoms with E-state index in [9.17, 15) is 4.79 Å². The molecule has 0 atom stereocenters. The van der Waals surface area contributed by atoms with E-state index in [4.69, 9.17) is 4.42 Å². The number of amides is 1. The van der Waals surface area contributed by atoms with E-state index < -0.39 is 0 Å². The number of hydrogen-bond donors (Lipinski definition) is 1. The molecule has 3 rings (SSSR count). The zero-order valence-electron chi connectivity index (χ0n) is 12.1. The lowest BCUT2D eigenvalue weighted by atomic mass is 10.1. The van der Waals surface area contributed by atoms with Gasteiger partial charge in [0.2, 0.25) is 0 Å². The van der Waals surface area contributed by atoms with Crippen molar-refractivity contribution in [2.24, 2.45) is 0 Å². The van der Waals surface area contributed by atoms with E-state index in [-0.39, 0.29) is 5.91 Å². The molecule has 0 aliphatic rings. The molecule has 0 aliphatic carbocycles. The molecule has 0 saturated carbocycles. The Morgan fingerprint density at radius 1 is 1.18 bits per heavy atom. The Labute approximate surface area is 128 Å². The standard InChI is InChI=1S/C17H17N3O2/c21-17(18-10-3-6-14-7-4-13-22-14)15-8-1-2-9-16(15)20-12-5-11-19-20/h1-2,4-5,7-9,11-13H,3,6,10H2,(H,18,21). The third kappa shape index (κ3) is 3.25. The maximum absolute atomic E-state index is 12.3. The van der Waals surface area contributed by atoms with Gasteiger partial charge in [0, 0.05) is 25.4 Å². The van der Waals surface area contributed by atoms with Gasteiger partial charge in [0.05, 0.1) is 17.5 Å². The lowest BCUT2D eigenvalue weighted by Crippen LogP contribution is -2.26. The Kier molecular flexibility index (Phi) is 4.34. The highest BCUT2D eigenvalue weighted by Gasteiger charge is 2.11. The molecule has 0 aliphatic heterocycles. The normalized spacial score (nSPS) is 10.5. The highest BCUT2D eigenvalue weighted by atomic mass is 16.3. The van der Waals surface area contributed by atoms with Gasteiger partial charge in [-0.15, -0.1) is 0 Å². The number of aromatic nitrogens is 2. The van der Waals surface area contributed by atoms with Crippen LogP contribution in [-0.2, 0) is 6.42 Å². The summed E-state index contributed by atoms with van der Waals surface area (Å²) in [6.45, 7) is 0.604. The molecule has 5 heteroatoms. The molecule has 0 unspecified atom stereocenters. The van der Waals surface area contributed by atoms with E-state index >= 15 is 0 Å². The highest BCUT2D eigenvalue weighted by Crippen LogP contribution is 2.13. The molecule has 2 heterocycles. The molecule has 1 amide bonds. The number of para-hydroxylation sites is 1. The van der Waals surface area contributed by atoms with Crippen LogP contribution < -0.4 is 5.32 Å². The SMILES string of the molecule is O=C(NCCCc1ccco1)c1ccccc1-n1cccn1. The highest BCUT2D eigenvalue weighted by molar-refractivity contribution is 5.97. The van der Waals surface area contributed by atoms with Crippen molar-refractivity contribution in [1.82, 2.24) is 15.1 Å². The fourth-order valence-electron chi connectivity index (χ4n) is 2.29. The van der Waals surface area contributed by atoms with Gasteiger partial charge in [0.15, 0.2) is 0 Å². The Morgan fingerprint density at radius 3 is 2.86 bits per heavy atom. The fraction of sp³-hybridized carbons (Fsp3) is 0.176. The van der Waals surface area contributed by atoms with E-state index in [1.807, 2.05) is 42.6 Å². The Bertz CT molecular complexity index is 718. The second-order valence-corrected chi connectivity index (χ2v) is 4.91. The number of nitrogens with one attached hydrogen (secondary N) is 1. The van der Waals surface area contributed by atoms with Gasteiger partial charge in [-0.3, -0.25) is 4.79 Å². The molecule has 1 aromatic carbocycles. The third-order valence-corrected chi connectivity index (χ3v) is 3.37. The second-order valence-electron chi connectivity index (χ2n) is 4.91. The predicted molar refractivity (Wildman–Crippen MR) is 82.9 cm³/mol. The van der Waals surface area contributed by atoms with Crippen LogP contribution >= 0.6 is 0 Å². The summed E-state index contributed by atoms with van der Waals surface area (Å²) in [4.78, 5) is 12.3. The lowest BCUT2D eigenvalue weighted by molar-refractivity contribution is 0.0953. The zero-order chi connectivity index (χ0) is 15.2. The van der Waals surface area contributed by atoms with Crippen LogP contribution in [0, 0.1) is 0 Å². The van der Waals surface area contributed by atoms with Gasteiger partial charge >= 0.3 is 0 Å². The van der Waals surface area contributed by atoms with Crippen molar-refractivity contribution >= 4 is 5.91 Å². The van der Waals surface area contributed by atoms with Crippen molar-refractivity contribution in [3.8, 4) is 5.69 Å². The summed E-state index contributed by atoms with van der Waals surface area (Å²) in [7, 11) is 0. The van der Waals surface area contributed by atoms with E-state index in [1.165, 1.54) is 0 Å². The summed E-state index contributed by atoms with van der Waals surface area (Å²) in [5.41, 5.74) is 1.39. The van der Waals surface area contributed by atoms with Gasteiger partial charge in [0.1, 0.15) is 5.76 Å². The van der Waals surface area contributed by atoms with Gasteiger partial charge in [-0.05, 0) is 36.8 Å². The van der Waals surface area contributed by atoms with E-state index in [2.05, 4.69) is 10.4 Å². The van der Waals surface area contributed by atoms with Crippen LogP contribution in [0.1, 0.15) is 22.5 Å². The molecule has 0 fully saturated rings. The van der Waals surface area contributed by atoms with Crippen molar-refractivity contribution in [3.05, 3.63) is 72.4 Å². The average Bonchev–Trinajstić information content (AvgIpc) is 3.24. The van der Waals surface area contributed by atoms with Gasteiger partial charge in [-0.2, -0.15) is 5.10 Å². The topological polar surface area (TPSA) is 60.1 Å². The third-order valence-electron chi connectivity index (χ3n) is 3.37. The summed E-state index contributed by atoms with van der Waals surface area (Å²) in [6.07, 6.45) is 6.83. The van der Waals surface area contributed by atoms with Gasteiger partial charge in [-0.25, -0.2) is 4.68 Å². The van der Waals surface area contributed by atoms with Crippen LogP contribution in [0.15, 0.2) is 65.5 Å². The van der Waals surface area contributed by atoms with Crippen LogP contribution in [0.4, 0.5) is 0 Å². The molecule has 5 nitrogen and oxygen atoms in total. The molecule has 0 radical (unpaired) electrons. The number of benzene rings is 1. The lowest BCUT2D eigenvalue weighted by Gasteiger charge is -2.10. The number of nitrogens with zero attached hydrogens (tertiary/aromatic N) is 2. The molecule has 2 aromatic heterocycles. The average molecular weight is 295 g/mol. The molecule has 3 aromatic rings. The van der Waals surface area contributed by atoms with Crippen molar-refractivity contribution in [1.29, 1.82) is 0 Å². The molecule has 22 heavy (non-hydrogen) atoms. The number of carbonyl (C=O) groups excluding carboxylic acids is 1. The van der Waals surface area contributed by atoms with Crippen molar-refractivity contribution in [2.75, 3.05) is 6.54 Å². The van der Waals surface area contributed by atoms with Crippen LogP contribution in [-0.4, -0.2) is 22.2 Å². The first-order chi connectivity index (χ1) is 10.8. The second kappa shape index (κ2) is 6.76. The van der Waals surface area contributed by atoms with Crippen molar-refractivity contribution in [2.45, 2.75) is 12.8 Å². The largest absolute Gasteiger partial charge is 0.469 e. The summed E-state index contributed by atoms with van der Waals surface area (Å²) >= 11 is 0. The predicted octanol–water partition coefficient (Wildman–Crippen LogP) is 2.83. The number of furan rings is 1. The van der Waals surface area contributed by atoms with Crippen LogP contribution in [0.3, 0.4) is 0 Å². The van der Waals surface area contributed by atoms with Crippen LogP contribution in [0.25, 0.3) is 5.69 Å². The summed E-state index contributed by atoms with van der Waals surface area (Å²) in [5.74, 6) is 0.844. The molecular weight excluding hydrogens is 278 g/mol. The Balaban J connectivity index is 1.60. The van der Waals surface area contributed by atoms with Crippen LogP contribution in [0.5, 0.6) is 0 Å². The van der Waals surface area contributed by atoms with E-state index in [1.54, 1.807) is 23.2 Å². The molecule has 0 bridgehead atoms. The Hall–Kier alpha value is -2.82. The minimum Gasteiger partial charge on any atom is -0.469 e. The van der Waals surface area contributed by atoms with Gasteiger partial charge in [0.25, 0.3) is 5.91 Å². The first-order valence-electron chi connectivity index (χ1n) is 7.24. The van der Waals surface area contributed by atoms with Gasteiger partial charge in [-0.1, -0.05) is 12.1 Å². The summed E-state index contributed by atoms with van der Waals surface area (Å²) < 4.78 is 6.96. The summed E-state index contributed by atoms with van der Waals surface area (Å²) in [5, 5.41) is 7.13. The maximum Gasteiger partial charge on any atom is 0.253 e. The molecule has 0 spiro atoms. The smallest absolute Gasteiger partial charge is 0.253 e. The minimum atomic E-state index is -0.0921. The maximum atomic E-state index is 12.3.